The molecule has 0 radical (unpaired) electrons. The van der Waals surface area contributed by atoms with E-state index in [1.165, 1.54) is 18.4 Å². The molecule has 0 saturated heterocycles. The van der Waals surface area contributed by atoms with E-state index in [0.29, 0.717) is 41.7 Å². The summed E-state index contributed by atoms with van der Waals surface area (Å²) >= 11 is 3.10. The van der Waals surface area contributed by atoms with Gasteiger partial charge in [-0.05, 0) is 91.6 Å². The number of carbonyl (C=O) groups excluding carboxylic acids is 1. The first kappa shape index (κ1) is 46.6. The number of carboxylic acid groups (broad SMARTS) is 1. The minimum atomic E-state index is -1.01. The highest BCUT2D eigenvalue weighted by Gasteiger charge is 2.30. The molecule has 0 atom stereocenters. The van der Waals surface area contributed by atoms with Crippen LogP contribution in [0.2, 0.25) is 0 Å². The standard InChI is InChI=1S/C26H23N3O3S.C24H19N3O3S.2CH4/c1-4-32-26(30)24-21(18-10-7-13-27-25(18)31-3)22-19(11-12-20-23(22)28-15-33-20)29(24)14-17-9-6-5-8-16(17)2;1-14-6-3-4-7-15(14)12-27-17-9-10-18-21(26-13-31-18)20(17)19(22(27)24(28)29)16-8-5-11-25-23(16)30-2;;/h5-13,15H,4,14H2,1-3H3;3-11,13H,12H2,1-2H3,(H,28,29);2*1H4. The Labute approximate surface area is 390 Å². The second kappa shape index (κ2) is 19.8. The van der Waals surface area contributed by atoms with Crippen molar-refractivity contribution in [1.29, 1.82) is 0 Å². The third kappa shape index (κ3) is 8.25. The van der Waals surface area contributed by atoms with E-state index in [1.54, 1.807) is 42.4 Å². The lowest BCUT2D eigenvalue weighted by Gasteiger charge is -2.14. The first-order chi connectivity index (χ1) is 31.2. The summed E-state index contributed by atoms with van der Waals surface area (Å²) in [6.07, 6.45) is 3.31. The fourth-order valence-corrected chi connectivity index (χ4v) is 9.79. The number of esters is 1. The van der Waals surface area contributed by atoms with E-state index in [2.05, 4.69) is 51.1 Å². The summed E-state index contributed by atoms with van der Waals surface area (Å²) in [5, 5.41) is 12.0. The number of rotatable bonds is 11. The van der Waals surface area contributed by atoms with Gasteiger partial charge in [0.1, 0.15) is 11.4 Å². The summed E-state index contributed by atoms with van der Waals surface area (Å²) in [5.41, 5.74) is 14.8. The quantitative estimate of drug-likeness (QED) is 0.125. The molecule has 336 valence electrons. The molecule has 0 saturated carbocycles. The lowest BCUT2D eigenvalue weighted by molar-refractivity contribution is 0.0515. The van der Waals surface area contributed by atoms with Gasteiger partial charge in [-0.3, -0.25) is 0 Å². The second-order valence-electron chi connectivity index (χ2n) is 14.9. The number of nitrogens with zero attached hydrogens (tertiary/aromatic N) is 6. The van der Waals surface area contributed by atoms with Crippen LogP contribution in [-0.4, -0.2) is 66.9 Å². The number of pyridine rings is 2. The number of carboxylic acids is 1. The summed E-state index contributed by atoms with van der Waals surface area (Å²) in [7, 11) is 3.12. The minimum Gasteiger partial charge on any atom is -0.481 e. The molecular weight excluding hydrogens is 869 g/mol. The number of fused-ring (bicyclic) bond motifs is 6. The average molecular weight is 919 g/mol. The molecule has 0 spiro atoms. The lowest BCUT2D eigenvalue weighted by Crippen LogP contribution is -2.14. The molecule has 12 nitrogen and oxygen atoms in total. The van der Waals surface area contributed by atoms with E-state index in [9.17, 15) is 14.7 Å². The predicted molar refractivity (Wildman–Crippen MR) is 267 cm³/mol. The molecule has 0 aliphatic heterocycles. The van der Waals surface area contributed by atoms with Crippen molar-refractivity contribution in [1.82, 2.24) is 29.1 Å². The monoisotopic (exact) mass is 918 g/mol. The van der Waals surface area contributed by atoms with Crippen LogP contribution in [0.15, 0.2) is 120 Å². The lowest BCUT2D eigenvalue weighted by atomic mass is 10.0. The Bertz CT molecular complexity index is 3380. The molecule has 10 aromatic rings. The van der Waals surface area contributed by atoms with Crippen LogP contribution in [0, 0.1) is 13.8 Å². The Morgan fingerprint density at radius 2 is 1.06 bits per heavy atom. The highest BCUT2D eigenvalue weighted by atomic mass is 32.1. The van der Waals surface area contributed by atoms with Gasteiger partial charge in [0.15, 0.2) is 0 Å². The molecule has 6 aromatic heterocycles. The Balaban J connectivity index is 0.000000191. The number of benzene rings is 4. The van der Waals surface area contributed by atoms with E-state index in [0.717, 1.165) is 75.6 Å². The summed E-state index contributed by atoms with van der Waals surface area (Å²) in [6.45, 7) is 7.16. The van der Waals surface area contributed by atoms with Crippen LogP contribution in [0.1, 0.15) is 65.0 Å². The number of methoxy groups -OCH3 is 2. The molecule has 0 unspecified atom stereocenters. The minimum absolute atomic E-state index is 0. The van der Waals surface area contributed by atoms with Gasteiger partial charge in [-0.15, -0.1) is 22.7 Å². The summed E-state index contributed by atoms with van der Waals surface area (Å²) in [6, 6.07) is 31.7. The topological polar surface area (TPSA) is 143 Å². The van der Waals surface area contributed by atoms with Crippen molar-refractivity contribution in [2.24, 2.45) is 0 Å². The normalized spacial score (nSPS) is 10.9. The van der Waals surface area contributed by atoms with Crippen LogP contribution in [0.3, 0.4) is 0 Å². The van der Waals surface area contributed by atoms with Gasteiger partial charge < -0.3 is 28.5 Å². The van der Waals surface area contributed by atoms with Gasteiger partial charge in [0.05, 0.1) is 63.3 Å². The number of hydrogen-bond donors (Lipinski definition) is 1. The van der Waals surface area contributed by atoms with Crippen LogP contribution >= 0.6 is 22.7 Å². The van der Waals surface area contributed by atoms with Gasteiger partial charge in [-0.2, -0.15) is 0 Å². The van der Waals surface area contributed by atoms with Crippen LogP contribution in [0.5, 0.6) is 11.8 Å². The van der Waals surface area contributed by atoms with Gasteiger partial charge in [-0.1, -0.05) is 63.4 Å². The van der Waals surface area contributed by atoms with Crippen LogP contribution in [0.4, 0.5) is 0 Å². The summed E-state index contributed by atoms with van der Waals surface area (Å²) in [4.78, 5) is 44.0. The summed E-state index contributed by atoms with van der Waals surface area (Å²) in [5.74, 6) is -0.557. The van der Waals surface area contributed by atoms with E-state index in [-0.39, 0.29) is 33.1 Å². The first-order valence-corrected chi connectivity index (χ1v) is 22.2. The SMILES string of the molecule is C.C.CCOC(=O)c1c(-c2cccnc2OC)c2c3ncsc3ccc2n1Cc1ccccc1C.COc1ncccc1-c1c(C(=O)O)n(Cc2ccccc2C)c2ccc3scnc3c12. The van der Waals surface area contributed by atoms with Crippen molar-refractivity contribution < 1.29 is 28.9 Å². The smallest absolute Gasteiger partial charge is 0.355 e. The maximum atomic E-state index is 13.5. The molecule has 66 heavy (non-hydrogen) atoms. The molecule has 0 bridgehead atoms. The number of aromatic nitrogens is 6. The van der Waals surface area contributed by atoms with Crippen molar-refractivity contribution in [3.05, 3.63) is 154 Å². The zero-order valence-corrected chi connectivity index (χ0v) is 37.3. The number of hydrogen-bond acceptors (Lipinski definition) is 11. The molecule has 0 aliphatic carbocycles. The number of thiazole rings is 2. The molecule has 0 aliphatic rings. The Morgan fingerprint density at radius 1 is 0.606 bits per heavy atom. The second-order valence-corrected chi connectivity index (χ2v) is 16.7. The van der Waals surface area contributed by atoms with Crippen molar-refractivity contribution in [2.45, 2.75) is 48.7 Å². The van der Waals surface area contributed by atoms with E-state index >= 15 is 0 Å². The molecule has 0 fully saturated rings. The summed E-state index contributed by atoms with van der Waals surface area (Å²) < 4.78 is 22.6. The maximum absolute atomic E-state index is 13.5. The average Bonchev–Trinajstić information content (AvgIpc) is 4.12. The van der Waals surface area contributed by atoms with Gasteiger partial charge in [0.25, 0.3) is 0 Å². The highest BCUT2D eigenvalue weighted by molar-refractivity contribution is 7.17. The van der Waals surface area contributed by atoms with Crippen molar-refractivity contribution in [2.75, 3.05) is 20.8 Å². The van der Waals surface area contributed by atoms with E-state index in [4.69, 9.17) is 14.2 Å². The van der Waals surface area contributed by atoms with E-state index in [1.807, 2.05) is 95.2 Å². The van der Waals surface area contributed by atoms with E-state index < -0.39 is 5.97 Å². The molecule has 10 rings (SSSR count). The Morgan fingerprint density at radius 3 is 1.50 bits per heavy atom. The van der Waals surface area contributed by atoms with Gasteiger partial charge in [-0.25, -0.2) is 29.5 Å². The third-order valence-corrected chi connectivity index (χ3v) is 13.0. The maximum Gasteiger partial charge on any atom is 0.355 e. The van der Waals surface area contributed by atoms with Gasteiger partial charge >= 0.3 is 11.9 Å². The van der Waals surface area contributed by atoms with Crippen LogP contribution in [0.25, 0.3) is 64.5 Å². The van der Waals surface area contributed by atoms with Gasteiger partial charge in [0, 0.05) is 58.5 Å². The van der Waals surface area contributed by atoms with Crippen LogP contribution < -0.4 is 9.47 Å². The van der Waals surface area contributed by atoms with Crippen molar-refractivity contribution >= 4 is 76.9 Å². The molecule has 0 amide bonds. The number of aryl methyl sites for hydroxylation is 2. The number of aromatic carboxylic acids is 1. The highest BCUT2D eigenvalue weighted by Crippen LogP contribution is 2.45. The molecule has 1 N–H and O–H groups in total. The molecule has 4 aromatic carbocycles. The fraction of sp³-hybridized carbons (Fsp3) is 0.192. The van der Waals surface area contributed by atoms with Crippen LogP contribution in [-0.2, 0) is 17.8 Å². The van der Waals surface area contributed by atoms with Gasteiger partial charge in [0.2, 0.25) is 11.8 Å². The predicted octanol–water partition coefficient (Wildman–Crippen LogP) is 12.5. The Kier molecular flexibility index (Phi) is 13.9. The molecule has 6 heterocycles. The van der Waals surface area contributed by atoms with Crippen molar-refractivity contribution in [3.8, 4) is 34.0 Å². The largest absolute Gasteiger partial charge is 0.481 e. The number of carbonyl (C=O) groups is 2. The number of ether oxygens (including phenoxy) is 3. The van der Waals surface area contributed by atoms with Crippen molar-refractivity contribution in [3.63, 3.8) is 0 Å². The zero-order valence-electron chi connectivity index (χ0n) is 35.7. The zero-order chi connectivity index (χ0) is 44.5. The first-order valence-electron chi connectivity index (χ1n) is 20.5. The fourth-order valence-electron chi connectivity index (χ4n) is 8.42. The Hall–Kier alpha value is -7.42. The molecular formula is C52H50N6O6S2. The molecule has 14 heteroatoms. The third-order valence-electron chi connectivity index (χ3n) is 11.4.